The van der Waals surface area contributed by atoms with Gasteiger partial charge in [-0.15, -0.1) is 0 Å². The van der Waals surface area contributed by atoms with E-state index in [1.165, 1.54) is 0 Å². The predicted molar refractivity (Wildman–Crippen MR) is 98.7 cm³/mol. The van der Waals surface area contributed by atoms with Gasteiger partial charge in [0.05, 0.1) is 6.10 Å². The molecule has 140 valence electrons. The number of hydrogen-bond donors (Lipinski definition) is 2. The van der Waals surface area contributed by atoms with Gasteiger partial charge in [-0.2, -0.15) is 0 Å². The second-order valence-corrected chi connectivity index (χ2v) is 6.64. The molecule has 0 spiro atoms. The summed E-state index contributed by atoms with van der Waals surface area (Å²) in [6.45, 7) is 9.57. The lowest BCUT2D eigenvalue weighted by Gasteiger charge is -2.23. The van der Waals surface area contributed by atoms with E-state index >= 15 is 0 Å². The molecule has 26 heavy (non-hydrogen) atoms. The largest absolute Gasteiger partial charge is 0.486 e. The molecule has 0 unspecified atom stereocenters. The number of nitrogens with zero attached hydrogens (tertiary/aromatic N) is 1. The zero-order chi connectivity index (χ0) is 18.8. The van der Waals surface area contributed by atoms with Crippen molar-refractivity contribution in [2.75, 3.05) is 19.8 Å². The topological polar surface area (TPSA) is 74.8 Å². The second kappa shape index (κ2) is 7.41. The molecule has 6 nitrogen and oxygen atoms in total. The van der Waals surface area contributed by atoms with E-state index in [1.807, 2.05) is 39.0 Å². The molecule has 1 atom stereocenters. The van der Waals surface area contributed by atoms with Crippen LogP contribution in [0.4, 0.5) is 0 Å². The summed E-state index contributed by atoms with van der Waals surface area (Å²) in [5.74, 6) is 1.39. The Morgan fingerprint density at radius 2 is 1.96 bits per heavy atom. The van der Waals surface area contributed by atoms with E-state index < -0.39 is 6.10 Å². The first-order valence-corrected chi connectivity index (χ1v) is 8.97. The van der Waals surface area contributed by atoms with Crippen molar-refractivity contribution in [2.45, 2.75) is 40.3 Å². The lowest BCUT2D eigenvalue weighted by atomic mass is 10.1. The smallest absolute Gasteiger partial charge is 0.270 e. The monoisotopic (exact) mass is 358 g/mol. The Hall–Kier alpha value is -2.47. The normalized spacial score (nSPS) is 14.2. The number of fused-ring (bicyclic) bond motifs is 1. The molecule has 0 saturated heterocycles. The van der Waals surface area contributed by atoms with E-state index in [0.717, 1.165) is 33.9 Å². The maximum atomic E-state index is 13.0. The fourth-order valence-corrected chi connectivity index (χ4v) is 3.50. The molecule has 0 aliphatic carbocycles. The van der Waals surface area contributed by atoms with Gasteiger partial charge in [-0.25, -0.2) is 0 Å². The molecule has 0 fully saturated rings. The number of aromatic amines is 1. The minimum absolute atomic E-state index is 0.0742. The van der Waals surface area contributed by atoms with Gasteiger partial charge in [0.15, 0.2) is 11.5 Å². The Balaban J connectivity index is 1.83. The van der Waals surface area contributed by atoms with Gasteiger partial charge in [-0.1, -0.05) is 6.07 Å². The van der Waals surface area contributed by atoms with Crippen molar-refractivity contribution in [3.05, 3.63) is 46.3 Å². The molecule has 1 aromatic carbocycles. The highest BCUT2D eigenvalue weighted by atomic mass is 16.6. The standard InChI is InChI=1S/C20H26N2O4/c1-5-22(11-15-6-7-16-17(10-15)26-9-8-25-16)20(24)19-12(2)18(14(4)23)13(3)21-19/h6-7,10,14,21,23H,5,8-9,11H2,1-4H3/t14-/m1/s1. The first kappa shape index (κ1) is 18.3. The van der Waals surface area contributed by atoms with Crippen molar-refractivity contribution in [3.8, 4) is 11.5 Å². The van der Waals surface area contributed by atoms with Crippen LogP contribution in [0.15, 0.2) is 18.2 Å². The van der Waals surface area contributed by atoms with Crippen molar-refractivity contribution < 1.29 is 19.4 Å². The summed E-state index contributed by atoms with van der Waals surface area (Å²) in [6.07, 6.45) is -0.610. The Morgan fingerprint density at radius 3 is 2.58 bits per heavy atom. The molecular weight excluding hydrogens is 332 g/mol. The second-order valence-electron chi connectivity index (χ2n) is 6.64. The Bertz CT molecular complexity index is 810. The van der Waals surface area contributed by atoms with Crippen molar-refractivity contribution in [1.82, 2.24) is 9.88 Å². The summed E-state index contributed by atoms with van der Waals surface area (Å²) in [5, 5.41) is 9.95. The highest BCUT2D eigenvalue weighted by Crippen LogP contribution is 2.31. The molecule has 0 saturated carbocycles. The lowest BCUT2D eigenvalue weighted by Crippen LogP contribution is -2.31. The lowest BCUT2D eigenvalue weighted by molar-refractivity contribution is 0.0746. The SMILES string of the molecule is CCN(Cc1ccc2c(c1)OCCO2)C(=O)c1[nH]c(C)c([C@@H](C)O)c1C. The molecule has 0 radical (unpaired) electrons. The van der Waals surface area contributed by atoms with Gasteiger partial charge in [-0.3, -0.25) is 4.79 Å². The number of nitrogens with one attached hydrogen (secondary N) is 1. The van der Waals surface area contributed by atoms with E-state index in [4.69, 9.17) is 9.47 Å². The Morgan fingerprint density at radius 1 is 1.27 bits per heavy atom. The van der Waals surface area contributed by atoms with Crippen molar-refractivity contribution in [1.29, 1.82) is 0 Å². The van der Waals surface area contributed by atoms with Crippen LogP contribution in [0.1, 0.15) is 52.8 Å². The highest BCUT2D eigenvalue weighted by molar-refractivity contribution is 5.94. The number of carbonyl (C=O) groups excluding carboxylic acids is 1. The third-order valence-electron chi connectivity index (χ3n) is 4.78. The van der Waals surface area contributed by atoms with E-state index in [9.17, 15) is 9.90 Å². The number of H-pyrrole nitrogens is 1. The van der Waals surface area contributed by atoms with Gasteiger partial charge in [0, 0.05) is 24.3 Å². The van der Waals surface area contributed by atoms with Crippen LogP contribution in [0.3, 0.4) is 0 Å². The van der Waals surface area contributed by atoms with Crippen molar-refractivity contribution in [2.24, 2.45) is 0 Å². The molecule has 2 N–H and O–H groups in total. The van der Waals surface area contributed by atoms with Crippen LogP contribution in [0.5, 0.6) is 11.5 Å². The molecule has 1 amide bonds. The minimum atomic E-state index is -0.610. The highest BCUT2D eigenvalue weighted by Gasteiger charge is 2.24. The molecular formula is C20H26N2O4. The summed E-state index contributed by atoms with van der Waals surface area (Å²) < 4.78 is 11.2. The zero-order valence-electron chi connectivity index (χ0n) is 15.8. The van der Waals surface area contributed by atoms with E-state index in [2.05, 4.69) is 4.98 Å². The van der Waals surface area contributed by atoms with Crippen LogP contribution in [0.2, 0.25) is 0 Å². The summed E-state index contributed by atoms with van der Waals surface area (Å²) in [4.78, 5) is 18.0. The summed E-state index contributed by atoms with van der Waals surface area (Å²) in [5.41, 5.74) is 3.96. The predicted octanol–water partition coefficient (Wildman–Crippen LogP) is 3.12. The van der Waals surface area contributed by atoms with Crippen LogP contribution in [-0.2, 0) is 6.54 Å². The van der Waals surface area contributed by atoms with Gasteiger partial charge in [0.1, 0.15) is 18.9 Å². The maximum Gasteiger partial charge on any atom is 0.270 e. The Kier molecular flexibility index (Phi) is 5.23. The summed E-state index contributed by atoms with van der Waals surface area (Å²) in [7, 11) is 0. The molecule has 0 bridgehead atoms. The molecule has 2 heterocycles. The molecule has 1 aliphatic heterocycles. The van der Waals surface area contributed by atoms with Crippen LogP contribution >= 0.6 is 0 Å². The number of rotatable bonds is 5. The number of aliphatic hydroxyl groups excluding tert-OH is 1. The fraction of sp³-hybridized carbons (Fsp3) is 0.450. The molecule has 2 aromatic rings. The number of aliphatic hydroxyl groups is 1. The maximum absolute atomic E-state index is 13.0. The molecule has 1 aliphatic rings. The third kappa shape index (κ3) is 3.42. The number of aryl methyl sites for hydroxylation is 1. The number of carbonyl (C=O) groups is 1. The van der Waals surface area contributed by atoms with Gasteiger partial charge in [0.2, 0.25) is 0 Å². The van der Waals surface area contributed by atoms with E-state index in [-0.39, 0.29) is 5.91 Å². The average Bonchev–Trinajstić information content (AvgIpc) is 2.93. The van der Waals surface area contributed by atoms with Gasteiger partial charge < -0.3 is 24.5 Å². The van der Waals surface area contributed by atoms with Crippen molar-refractivity contribution >= 4 is 5.91 Å². The Labute approximate surface area is 153 Å². The number of amides is 1. The van der Waals surface area contributed by atoms with E-state index in [1.54, 1.807) is 11.8 Å². The average molecular weight is 358 g/mol. The molecule has 6 heteroatoms. The third-order valence-corrected chi connectivity index (χ3v) is 4.78. The molecule has 3 rings (SSSR count). The van der Waals surface area contributed by atoms with Crippen LogP contribution in [0, 0.1) is 13.8 Å². The number of benzene rings is 1. The quantitative estimate of drug-likeness (QED) is 0.861. The minimum Gasteiger partial charge on any atom is -0.486 e. The number of hydrogen-bond acceptors (Lipinski definition) is 4. The van der Waals surface area contributed by atoms with Crippen LogP contribution in [0.25, 0.3) is 0 Å². The van der Waals surface area contributed by atoms with Crippen molar-refractivity contribution in [3.63, 3.8) is 0 Å². The summed E-state index contributed by atoms with van der Waals surface area (Å²) >= 11 is 0. The van der Waals surface area contributed by atoms with Crippen LogP contribution in [-0.4, -0.2) is 40.7 Å². The first-order valence-electron chi connectivity index (χ1n) is 8.97. The van der Waals surface area contributed by atoms with Gasteiger partial charge >= 0.3 is 0 Å². The summed E-state index contributed by atoms with van der Waals surface area (Å²) in [6, 6.07) is 5.77. The molecule has 1 aromatic heterocycles. The van der Waals surface area contributed by atoms with Crippen LogP contribution < -0.4 is 9.47 Å². The van der Waals surface area contributed by atoms with Gasteiger partial charge in [-0.05, 0) is 51.0 Å². The number of ether oxygens (including phenoxy) is 2. The van der Waals surface area contributed by atoms with E-state index in [0.29, 0.717) is 32.0 Å². The first-order chi connectivity index (χ1) is 12.4. The zero-order valence-corrected chi connectivity index (χ0v) is 15.8. The van der Waals surface area contributed by atoms with Gasteiger partial charge in [0.25, 0.3) is 5.91 Å². The fourth-order valence-electron chi connectivity index (χ4n) is 3.50. The number of aromatic nitrogens is 1.